The van der Waals surface area contributed by atoms with Gasteiger partial charge in [-0.25, -0.2) is 0 Å². The summed E-state index contributed by atoms with van der Waals surface area (Å²) in [6.45, 7) is 1.64. The van der Waals surface area contributed by atoms with Crippen LogP contribution in [0.1, 0.15) is 135 Å². The fourth-order valence-corrected chi connectivity index (χ4v) is 3.72. The number of carbonyl (C=O) groups excluding carboxylic acids is 1. The molecule has 0 aliphatic rings. The number of aliphatic hydroxyl groups is 2. The molecule has 0 amide bonds. The van der Waals surface area contributed by atoms with Crippen LogP contribution in [0.25, 0.3) is 0 Å². The third kappa shape index (κ3) is 21.9. The molecule has 0 unspecified atom stereocenters. The molecule has 0 bridgehead atoms. The SMILES string of the molecule is CCCCCCCCCCCCCCCCCCCCCC(=O)OC(CO)CO. The number of rotatable bonds is 23. The lowest BCUT2D eigenvalue weighted by Crippen LogP contribution is -2.25. The smallest absolute Gasteiger partial charge is 0.306 e. The number of esters is 1. The molecular formula is C25H50O4. The van der Waals surface area contributed by atoms with Crippen molar-refractivity contribution in [2.75, 3.05) is 13.2 Å². The molecule has 0 saturated heterocycles. The van der Waals surface area contributed by atoms with E-state index in [9.17, 15) is 4.79 Å². The summed E-state index contributed by atoms with van der Waals surface area (Å²) in [5.41, 5.74) is 0. The summed E-state index contributed by atoms with van der Waals surface area (Å²) in [6, 6.07) is 0. The summed E-state index contributed by atoms with van der Waals surface area (Å²) in [5.74, 6) is -0.315. The van der Waals surface area contributed by atoms with E-state index in [1.54, 1.807) is 0 Å². The quantitative estimate of drug-likeness (QED) is 0.144. The van der Waals surface area contributed by atoms with Gasteiger partial charge >= 0.3 is 5.97 Å². The summed E-state index contributed by atoms with van der Waals surface area (Å²) < 4.78 is 4.95. The number of unbranched alkanes of at least 4 members (excludes halogenated alkanes) is 18. The minimum atomic E-state index is -0.761. The first-order valence-corrected chi connectivity index (χ1v) is 12.7. The average molecular weight is 415 g/mol. The molecular weight excluding hydrogens is 364 g/mol. The summed E-state index contributed by atoms with van der Waals surface area (Å²) >= 11 is 0. The van der Waals surface area contributed by atoms with Crippen LogP contribution >= 0.6 is 0 Å². The average Bonchev–Trinajstić information content (AvgIpc) is 2.73. The lowest BCUT2D eigenvalue weighted by Gasteiger charge is -2.12. The van der Waals surface area contributed by atoms with Gasteiger partial charge in [0.15, 0.2) is 0 Å². The lowest BCUT2D eigenvalue weighted by atomic mass is 10.0. The Morgan fingerprint density at radius 2 is 0.897 bits per heavy atom. The maximum absolute atomic E-state index is 11.5. The molecule has 4 heteroatoms. The molecule has 0 aliphatic heterocycles. The van der Waals surface area contributed by atoms with Gasteiger partial charge in [0.25, 0.3) is 0 Å². The molecule has 0 aliphatic carbocycles. The molecule has 0 spiro atoms. The van der Waals surface area contributed by atoms with Gasteiger partial charge in [0, 0.05) is 6.42 Å². The Morgan fingerprint density at radius 3 is 1.21 bits per heavy atom. The number of aliphatic hydroxyl groups excluding tert-OH is 2. The first-order valence-electron chi connectivity index (χ1n) is 12.7. The van der Waals surface area contributed by atoms with E-state index in [4.69, 9.17) is 14.9 Å². The largest absolute Gasteiger partial charge is 0.457 e. The molecule has 29 heavy (non-hydrogen) atoms. The topological polar surface area (TPSA) is 66.8 Å². The van der Waals surface area contributed by atoms with E-state index in [0.29, 0.717) is 6.42 Å². The molecule has 174 valence electrons. The van der Waals surface area contributed by atoms with Crippen molar-refractivity contribution in [1.82, 2.24) is 0 Å². The van der Waals surface area contributed by atoms with E-state index in [1.807, 2.05) is 0 Å². The van der Waals surface area contributed by atoms with Gasteiger partial charge in [-0.2, -0.15) is 0 Å². The second-order valence-corrected chi connectivity index (χ2v) is 8.59. The maximum Gasteiger partial charge on any atom is 0.306 e. The van der Waals surface area contributed by atoms with E-state index >= 15 is 0 Å². The van der Waals surface area contributed by atoms with Crippen LogP contribution in [-0.2, 0) is 9.53 Å². The second kappa shape index (κ2) is 23.7. The van der Waals surface area contributed by atoms with E-state index in [1.165, 1.54) is 109 Å². The Labute approximate surface area is 180 Å². The predicted molar refractivity (Wildman–Crippen MR) is 122 cm³/mol. The Morgan fingerprint density at radius 1 is 0.586 bits per heavy atom. The Bertz CT molecular complexity index is 329. The van der Waals surface area contributed by atoms with Crippen LogP contribution in [0.5, 0.6) is 0 Å². The van der Waals surface area contributed by atoms with E-state index in [2.05, 4.69) is 6.92 Å². The first-order chi connectivity index (χ1) is 14.2. The third-order valence-corrected chi connectivity index (χ3v) is 5.69. The normalized spacial score (nSPS) is 11.3. The molecule has 0 aromatic carbocycles. The van der Waals surface area contributed by atoms with Crippen LogP contribution in [0.3, 0.4) is 0 Å². The predicted octanol–water partition coefficient (Wildman–Crippen LogP) is 6.70. The summed E-state index contributed by atoms with van der Waals surface area (Å²) in [6.07, 6.45) is 25.0. The highest BCUT2D eigenvalue weighted by molar-refractivity contribution is 5.69. The van der Waals surface area contributed by atoms with Crippen molar-refractivity contribution in [2.45, 2.75) is 141 Å². The molecule has 2 N–H and O–H groups in total. The number of hydrogen-bond donors (Lipinski definition) is 2. The molecule has 4 nitrogen and oxygen atoms in total. The van der Waals surface area contributed by atoms with E-state index < -0.39 is 6.10 Å². The van der Waals surface area contributed by atoms with E-state index in [-0.39, 0.29) is 19.2 Å². The Kier molecular flexibility index (Phi) is 23.2. The number of carbonyl (C=O) groups is 1. The van der Waals surface area contributed by atoms with Crippen molar-refractivity contribution >= 4 is 5.97 Å². The minimum absolute atomic E-state index is 0.315. The first kappa shape index (κ1) is 28.4. The van der Waals surface area contributed by atoms with Gasteiger partial charge in [0.05, 0.1) is 13.2 Å². The Hall–Kier alpha value is -0.610. The molecule has 0 rings (SSSR count). The molecule has 0 saturated carbocycles. The van der Waals surface area contributed by atoms with Gasteiger partial charge in [-0.1, -0.05) is 122 Å². The van der Waals surface area contributed by atoms with Gasteiger partial charge < -0.3 is 14.9 Å². The van der Waals surface area contributed by atoms with Gasteiger partial charge in [0.2, 0.25) is 0 Å². The molecule has 0 atom stereocenters. The van der Waals surface area contributed by atoms with Crippen LogP contribution in [0.15, 0.2) is 0 Å². The highest BCUT2D eigenvalue weighted by atomic mass is 16.6. The molecule has 0 radical (unpaired) electrons. The molecule has 0 aromatic rings. The van der Waals surface area contributed by atoms with Crippen molar-refractivity contribution < 1.29 is 19.7 Å². The van der Waals surface area contributed by atoms with Crippen molar-refractivity contribution in [3.8, 4) is 0 Å². The van der Waals surface area contributed by atoms with Gasteiger partial charge in [-0.3, -0.25) is 4.79 Å². The number of ether oxygens (including phenoxy) is 1. The summed E-state index contributed by atoms with van der Waals surface area (Å²) in [5, 5.41) is 17.7. The van der Waals surface area contributed by atoms with Gasteiger partial charge in [0.1, 0.15) is 6.10 Å². The monoisotopic (exact) mass is 414 g/mol. The van der Waals surface area contributed by atoms with Crippen LogP contribution in [-0.4, -0.2) is 35.5 Å². The van der Waals surface area contributed by atoms with Crippen LogP contribution < -0.4 is 0 Å². The Balaban J connectivity index is 3.14. The fraction of sp³-hybridized carbons (Fsp3) is 0.960. The highest BCUT2D eigenvalue weighted by Gasteiger charge is 2.11. The van der Waals surface area contributed by atoms with Crippen molar-refractivity contribution in [3.63, 3.8) is 0 Å². The van der Waals surface area contributed by atoms with Crippen LogP contribution in [0.2, 0.25) is 0 Å². The van der Waals surface area contributed by atoms with Crippen molar-refractivity contribution in [1.29, 1.82) is 0 Å². The minimum Gasteiger partial charge on any atom is -0.457 e. The van der Waals surface area contributed by atoms with Crippen LogP contribution in [0.4, 0.5) is 0 Å². The van der Waals surface area contributed by atoms with Crippen LogP contribution in [0, 0.1) is 0 Å². The zero-order valence-corrected chi connectivity index (χ0v) is 19.3. The van der Waals surface area contributed by atoms with Gasteiger partial charge in [-0.05, 0) is 6.42 Å². The van der Waals surface area contributed by atoms with Crippen molar-refractivity contribution in [3.05, 3.63) is 0 Å². The van der Waals surface area contributed by atoms with E-state index in [0.717, 1.165) is 12.8 Å². The summed E-state index contributed by atoms with van der Waals surface area (Å²) in [7, 11) is 0. The number of hydrogen-bond acceptors (Lipinski definition) is 4. The molecule has 0 fully saturated rings. The zero-order valence-electron chi connectivity index (χ0n) is 19.3. The van der Waals surface area contributed by atoms with Gasteiger partial charge in [-0.15, -0.1) is 0 Å². The summed E-state index contributed by atoms with van der Waals surface area (Å²) in [4.78, 5) is 11.5. The maximum atomic E-state index is 11.5. The third-order valence-electron chi connectivity index (χ3n) is 5.69. The highest BCUT2D eigenvalue weighted by Crippen LogP contribution is 2.15. The fourth-order valence-electron chi connectivity index (χ4n) is 3.72. The molecule has 0 heterocycles. The molecule has 0 aromatic heterocycles. The standard InChI is InChI=1S/C25H50O4/c1-2-3-4-5-6-7-8-9-10-11-12-13-14-15-16-17-18-19-20-21-25(28)29-24(22-26)23-27/h24,26-27H,2-23H2,1H3. The second-order valence-electron chi connectivity index (χ2n) is 8.59. The zero-order chi connectivity index (χ0) is 21.4. The lowest BCUT2D eigenvalue weighted by molar-refractivity contribution is -0.153. The van der Waals surface area contributed by atoms with Crippen molar-refractivity contribution in [2.24, 2.45) is 0 Å².